The number of H-pyrrole nitrogens is 1. The molecule has 3 heterocycles. The lowest BCUT2D eigenvalue weighted by Crippen LogP contribution is -2.22. The van der Waals surface area contributed by atoms with Gasteiger partial charge in [-0.3, -0.25) is 5.10 Å². The third-order valence-electron chi connectivity index (χ3n) is 4.43. The summed E-state index contributed by atoms with van der Waals surface area (Å²) in [7, 11) is 0. The van der Waals surface area contributed by atoms with Crippen molar-refractivity contribution in [1.82, 2.24) is 20.1 Å². The van der Waals surface area contributed by atoms with Crippen molar-refractivity contribution in [2.24, 2.45) is 0 Å². The van der Waals surface area contributed by atoms with Crippen LogP contribution < -0.4 is 5.32 Å². The molecule has 1 aliphatic heterocycles. The number of hydrogen-bond donors (Lipinski definition) is 3. The highest BCUT2D eigenvalue weighted by atomic mass is 16.4. The molecular weight excluding hydrogens is 292 g/mol. The van der Waals surface area contributed by atoms with Crippen molar-refractivity contribution in [3.63, 3.8) is 0 Å². The summed E-state index contributed by atoms with van der Waals surface area (Å²) >= 11 is 0. The van der Waals surface area contributed by atoms with Gasteiger partial charge in [-0.1, -0.05) is 18.2 Å². The lowest BCUT2D eigenvalue weighted by atomic mass is 10.0. The van der Waals surface area contributed by atoms with Gasteiger partial charge in [0.15, 0.2) is 0 Å². The van der Waals surface area contributed by atoms with Crippen LogP contribution in [0, 0.1) is 0 Å². The molecule has 0 saturated carbocycles. The number of nitrogens with zero attached hydrogens (tertiary/aromatic N) is 2. The third kappa shape index (κ3) is 2.31. The van der Waals surface area contributed by atoms with E-state index in [1.54, 1.807) is 6.07 Å². The number of rotatable bonds is 1. The van der Waals surface area contributed by atoms with Crippen molar-refractivity contribution >= 4 is 16.9 Å². The summed E-state index contributed by atoms with van der Waals surface area (Å²) < 4.78 is 1.90. The van der Waals surface area contributed by atoms with Crippen LogP contribution in [-0.2, 0) is 13.0 Å². The van der Waals surface area contributed by atoms with Crippen LogP contribution in [0.1, 0.15) is 22.6 Å². The number of fused-ring (bicyclic) bond motifs is 2. The van der Waals surface area contributed by atoms with Gasteiger partial charge in [-0.25, -0.2) is 4.79 Å². The zero-order valence-corrected chi connectivity index (χ0v) is 12.7. The highest BCUT2D eigenvalue weighted by Gasteiger charge is 2.20. The molecule has 0 atom stereocenters. The number of aromatic nitrogens is 3. The number of carbonyl (C=O) groups is 1. The molecule has 0 aliphatic carbocycles. The molecular formula is C17H18N4O2. The van der Waals surface area contributed by atoms with E-state index in [-0.39, 0.29) is 0 Å². The van der Waals surface area contributed by atoms with Crippen molar-refractivity contribution in [3.8, 4) is 11.1 Å². The molecule has 0 fully saturated rings. The fraction of sp³-hybridized carbons (Fsp3) is 0.294. The SMILES string of the molecule is O=C(O)c1cc2cccc3c2n1CCNCCCc1n[nH]cc1-3. The maximum Gasteiger partial charge on any atom is 0.352 e. The van der Waals surface area contributed by atoms with E-state index in [4.69, 9.17) is 0 Å². The second-order valence-corrected chi connectivity index (χ2v) is 5.83. The Labute approximate surface area is 133 Å². The Morgan fingerprint density at radius 2 is 2.17 bits per heavy atom. The minimum absolute atomic E-state index is 0.332. The fourth-order valence-electron chi connectivity index (χ4n) is 3.39. The number of hydrogen-bond acceptors (Lipinski definition) is 3. The van der Waals surface area contributed by atoms with Crippen LogP contribution >= 0.6 is 0 Å². The third-order valence-corrected chi connectivity index (χ3v) is 4.43. The molecule has 4 rings (SSSR count). The van der Waals surface area contributed by atoms with E-state index in [1.165, 1.54) is 0 Å². The van der Waals surface area contributed by atoms with Crippen LogP contribution in [0.2, 0.25) is 0 Å². The number of aromatic amines is 1. The maximum absolute atomic E-state index is 11.6. The number of aromatic carboxylic acids is 1. The van der Waals surface area contributed by atoms with Gasteiger partial charge in [-0.15, -0.1) is 0 Å². The van der Waals surface area contributed by atoms with Gasteiger partial charge in [0.25, 0.3) is 0 Å². The first-order valence-electron chi connectivity index (χ1n) is 7.85. The molecule has 0 unspecified atom stereocenters. The van der Waals surface area contributed by atoms with Gasteiger partial charge in [0.2, 0.25) is 0 Å². The van der Waals surface area contributed by atoms with Crippen LogP contribution in [0.15, 0.2) is 30.5 Å². The number of nitrogens with one attached hydrogen (secondary N) is 2. The fourth-order valence-corrected chi connectivity index (χ4v) is 3.39. The van der Waals surface area contributed by atoms with Crippen LogP contribution in [-0.4, -0.2) is 38.9 Å². The predicted molar refractivity (Wildman–Crippen MR) is 87.7 cm³/mol. The normalized spacial score (nSPS) is 15.1. The Kier molecular flexibility index (Phi) is 3.38. The lowest BCUT2D eigenvalue weighted by Gasteiger charge is -2.11. The molecule has 2 aromatic heterocycles. The molecule has 1 aliphatic rings. The van der Waals surface area contributed by atoms with E-state index in [2.05, 4.69) is 15.5 Å². The van der Waals surface area contributed by atoms with Gasteiger partial charge in [-0.05, 0) is 25.5 Å². The standard InChI is InChI=1S/C17H18N4O2/c22-17(23)15-9-11-3-1-4-12-13-10-19-20-14(13)5-2-6-18-7-8-21(15)16(11)12/h1,3-4,9-10,18H,2,5-8H2,(H,19,20)(H,22,23). The summed E-state index contributed by atoms with van der Waals surface area (Å²) in [4.78, 5) is 11.6. The predicted octanol–water partition coefficient (Wildman–Crippen LogP) is 2.27. The average Bonchev–Trinajstić information content (AvgIpc) is 3.14. The Morgan fingerprint density at radius 1 is 1.26 bits per heavy atom. The van der Waals surface area contributed by atoms with Crippen LogP contribution in [0.3, 0.4) is 0 Å². The highest BCUT2D eigenvalue weighted by molar-refractivity contribution is 6.01. The van der Waals surface area contributed by atoms with Crippen LogP contribution in [0.5, 0.6) is 0 Å². The van der Waals surface area contributed by atoms with Gasteiger partial charge in [0.05, 0.1) is 11.2 Å². The van der Waals surface area contributed by atoms with Crippen molar-refractivity contribution in [1.29, 1.82) is 0 Å². The highest BCUT2D eigenvalue weighted by Crippen LogP contribution is 2.33. The molecule has 3 N–H and O–H groups in total. The topological polar surface area (TPSA) is 82.9 Å². The summed E-state index contributed by atoms with van der Waals surface area (Å²) in [5.74, 6) is -0.894. The summed E-state index contributed by atoms with van der Waals surface area (Å²) in [6, 6.07) is 7.74. The number of carboxylic acid groups (broad SMARTS) is 1. The van der Waals surface area contributed by atoms with Gasteiger partial charge >= 0.3 is 5.97 Å². The average molecular weight is 310 g/mol. The summed E-state index contributed by atoms with van der Waals surface area (Å²) in [6.45, 7) is 2.28. The van der Waals surface area contributed by atoms with E-state index in [9.17, 15) is 9.90 Å². The molecule has 0 amide bonds. The molecule has 6 nitrogen and oxygen atoms in total. The molecule has 0 saturated heterocycles. The Bertz CT molecular complexity index is 878. The molecule has 0 bridgehead atoms. The van der Waals surface area contributed by atoms with Crippen molar-refractivity contribution < 1.29 is 9.90 Å². The number of benzene rings is 1. The summed E-state index contributed by atoms with van der Waals surface area (Å²) in [5, 5.41) is 21.2. The minimum Gasteiger partial charge on any atom is -0.477 e. The van der Waals surface area contributed by atoms with Gasteiger partial charge in [0.1, 0.15) is 5.69 Å². The molecule has 0 radical (unpaired) electrons. The van der Waals surface area contributed by atoms with E-state index < -0.39 is 5.97 Å². The smallest absolute Gasteiger partial charge is 0.352 e. The van der Waals surface area contributed by atoms with Crippen LogP contribution in [0.4, 0.5) is 0 Å². The van der Waals surface area contributed by atoms with E-state index >= 15 is 0 Å². The van der Waals surface area contributed by atoms with Gasteiger partial charge < -0.3 is 15.0 Å². The molecule has 118 valence electrons. The quantitative estimate of drug-likeness (QED) is 0.644. The molecule has 3 aromatic rings. The monoisotopic (exact) mass is 310 g/mol. The zero-order valence-electron chi connectivity index (χ0n) is 12.7. The number of aryl methyl sites for hydroxylation is 1. The van der Waals surface area contributed by atoms with Crippen molar-refractivity contribution in [2.75, 3.05) is 13.1 Å². The van der Waals surface area contributed by atoms with E-state index in [1.807, 2.05) is 29.0 Å². The van der Waals surface area contributed by atoms with E-state index in [0.717, 1.165) is 53.7 Å². The molecule has 0 spiro atoms. The second kappa shape index (κ2) is 5.55. The largest absolute Gasteiger partial charge is 0.477 e. The Morgan fingerprint density at radius 3 is 3.04 bits per heavy atom. The summed E-state index contributed by atoms with van der Waals surface area (Å²) in [6.07, 6.45) is 3.82. The second-order valence-electron chi connectivity index (χ2n) is 5.83. The van der Waals surface area contributed by atoms with E-state index in [0.29, 0.717) is 12.2 Å². The van der Waals surface area contributed by atoms with Gasteiger partial charge in [0, 0.05) is 35.8 Å². The molecule has 23 heavy (non-hydrogen) atoms. The van der Waals surface area contributed by atoms with Crippen LogP contribution in [0.25, 0.3) is 22.0 Å². The molecule has 6 heteroatoms. The Hall–Kier alpha value is -2.60. The Balaban J connectivity index is 2.03. The first-order chi connectivity index (χ1) is 11.3. The summed E-state index contributed by atoms with van der Waals surface area (Å²) in [5.41, 5.74) is 4.44. The number of para-hydroxylation sites is 1. The van der Waals surface area contributed by atoms with Crippen molar-refractivity contribution in [3.05, 3.63) is 41.9 Å². The number of carboxylic acids is 1. The van der Waals surface area contributed by atoms with Gasteiger partial charge in [-0.2, -0.15) is 5.10 Å². The molecule has 1 aromatic carbocycles. The van der Waals surface area contributed by atoms with Crippen molar-refractivity contribution in [2.45, 2.75) is 19.4 Å². The zero-order chi connectivity index (χ0) is 15.8. The first-order valence-corrected chi connectivity index (χ1v) is 7.85. The maximum atomic E-state index is 11.6. The first kappa shape index (κ1) is 14.0. The minimum atomic E-state index is -0.894. The lowest BCUT2D eigenvalue weighted by molar-refractivity contribution is 0.0685.